The van der Waals surface area contributed by atoms with Gasteiger partial charge in [-0.25, -0.2) is 0 Å². The minimum absolute atomic E-state index is 0.0518. The summed E-state index contributed by atoms with van der Waals surface area (Å²) in [4.78, 5) is 2.32. The standard InChI is InChI=1S/C14H20ClNO2/c1-10-7-14(18-2)12(15)8-11(10)13(9-17)16-5-3-4-6-16/h7-8,13,17H,3-6,9H2,1-2H3. The average molecular weight is 270 g/mol. The summed E-state index contributed by atoms with van der Waals surface area (Å²) in [6, 6.07) is 3.92. The molecule has 1 unspecified atom stereocenters. The molecule has 0 saturated carbocycles. The molecule has 1 atom stereocenters. The molecule has 0 spiro atoms. The van der Waals surface area contributed by atoms with Crippen LogP contribution in [0.15, 0.2) is 12.1 Å². The van der Waals surface area contributed by atoms with E-state index in [0.717, 1.165) is 24.2 Å². The number of aliphatic hydroxyl groups excluding tert-OH is 1. The third-order valence-corrected chi connectivity index (χ3v) is 3.95. The molecule has 1 aromatic rings. The molecule has 1 aliphatic rings. The van der Waals surface area contributed by atoms with Crippen molar-refractivity contribution in [2.75, 3.05) is 26.8 Å². The molecule has 1 aliphatic heterocycles. The van der Waals surface area contributed by atoms with E-state index < -0.39 is 0 Å². The van der Waals surface area contributed by atoms with Gasteiger partial charge in [-0.3, -0.25) is 4.90 Å². The minimum atomic E-state index is 0.0518. The van der Waals surface area contributed by atoms with E-state index >= 15 is 0 Å². The van der Waals surface area contributed by atoms with Crippen molar-refractivity contribution < 1.29 is 9.84 Å². The zero-order valence-corrected chi connectivity index (χ0v) is 11.7. The number of nitrogens with zero attached hydrogens (tertiary/aromatic N) is 1. The third-order valence-electron chi connectivity index (χ3n) is 3.65. The second-order valence-electron chi connectivity index (χ2n) is 4.78. The van der Waals surface area contributed by atoms with Crippen LogP contribution in [0.3, 0.4) is 0 Å². The quantitative estimate of drug-likeness (QED) is 0.912. The van der Waals surface area contributed by atoms with Gasteiger partial charge in [0.05, 0.1) is 24.8 Å². The van der Waals surface area contributed by atoms with Gasteiger partial charge in [-0.15, -0.1) is 0 Å². The Labute approximate surface area is 113 Å². The minimum Gasteiger partial charge on any atom is -0.495 e. The molecule has 0 bridgehead atoms. The highest BCUT2D eigenvalue weighted by Gasteiger charge is 2.24. The van der Waals surface area contributed by atoms with Gasteiger partial charge in [-0.2, -0.15) is 0 Å². The van der Waals surface area contributed by atoms with Crippen LogP contribution in [0.1, 0.15) is 30.0 Å². The first-order valence-corrected chi connectivity index (χ1v) is 6.74. The fourth-order valence-electron chi connectivity index (χ4n) is 2.65. The Morgan fingerprint density at radius 3 is 2.61 bits per heavy atom. The lowest BCUT2D eigenvalue weighted by atomic mass is 10.0. The van der Waals surface area contributed by atoms with E-state index in [1.807, 2.05) is 19.1 Å². The van der Waals surface area contributed by atoms with Gasteiger partial charge >= 0.3 is 0 Å². The number of aryl methyl sites for hydroxylation is 1. The summed E-state index contributed by atoms with van der Waals surface area (Å²) in [5, 5.41) is 10.3. The zero-order chi connectivity index (χ0) is 13.1. The van der Waals surface area contributed by atoms with Crippen molar-refractivity contribution in [3.8, 4) is 5.75 Å². The van der Waals surface area contributed by atoms with Crippen LogP contribution in [0.2, 0.25) is 5.02 Å². The fraction of sp³-hybridized carbons (Fsp3) is 0.571. The molecule has 1 aromatic carbocycles. The molecule has 2 rings (SSSR count). The Bertz CT molecular complexity index is 417. The molecule has 0 aromatic heterocycles. The van der Waals surface area contributed by atoms with E-state index in [9.17, 15) is 5.11 Å². The van der Waals surface area contributed by atoms with Crippen LogP contribution < -0.4 is 4.74 Å². The molecular weight excluding hydrogens is 250 g/mol. The fourth-order valence-corrected chi connectivity index (χ4v) is 2.90. The number of rotatable bonds is 4. The molecule has 0 aliphatic carbocycles. The molecule has 1 fully saturated rings. The van der Waals surface area contributed by atoms with Gasteiger partial charge in [0.2, 0.25) is 0 Å². The lowest BCUT2D eigenvalue weighted by Crippen LogP contribution is -2.28. The highest BCUT2D eigenvalue weighted by molar-refractivity contribution is 6.32. The monoisotopic (exact) mass is 269 g/mol. The van der Waals surface area contributed by atoms with E-state index in [0.29, 0.717) is 10.8 Å². The van der Waals surface area contributed by atoms with Crippen molar-refractivity contribution in [2.24, 2.45) is 0 Å². The summed E-state index contributed by atoms with van der Waals surface area (Å²) < 4.78 is 5.21. The lowest BCUT2D eigenvalue weighted by Gasteiger charge is -2.27. The SMILES string of the molecule is COc1cc(C)c(C(CO)N2CCCC2)cc1Cl. The van der Waals surface area contributed by atoms with Crippen molar-refractivity contribution in [2.45, 2.75) is 25.8 Å². The third kappa shape index (κ3) is 2.63. The maximum absolute atomic E-state index is 9.67. The molecule has 4 heteroatoms. The molecule has 3 nitrogen and oxygen atoms in total. The van der Waals surface area contributed by atoms with Crippen LogP contribution in [-0.2, 0) is 0 Å². The van der Waals surface area contributed by atoms with Crippen molar-refractivity contribution in [3.05, 3.63) is 28.3 Å². The van der Waals surface area contributed by atoms with E-state index in [2.05, 4.69) is 4.90 Å². The van der Waals surface area contributed by atoms with E-state index in [-0.39, 0.29) is 12.6 Å². The Morgan fingerprint density at radius 1 is 1.39 bits per heavy atom. The summed E-state index contributed by atoms with van der Waals surface area (Å²) in [6.07, 6.45) is 2.42. The first-order chi connectivity index (χ1) is 8.67. The largest absolute Gasteiger partial charge is 0.495 e. The Hall–Kier alpha value is -0.770. The summed E-state index contributed by atoms with van der Waals surface area (Å²) in [5.41, 5.74) is 2.22. The predicted molar refractivity (Wildman–Crippen MR) is 73.4 cm³/mol. The maximum atomic E-state index is 9.67. The molecule has 1 heterocycles. The number of benzene rings is 1. The summed E-state index contributed by atoms with van der Waals surface area (Å²) in [5.74, 6) is 0.691. The number of hydrogen-bond donors (Lipinski definition) is 1. The number of hydrogen-bond acceptors (Lipinski definition) is 3. The van der Waals surface area contributed by atoms with Crippen molar-refractivity contribution in [1.82, 2.24) is 4.90 Å². The van der Waals surface area contributed by atoms with Gasteiger partial charge in [0.1, 0.15) is 5.75 Å². The van der Waals surface area contributed by atoms with E-state index in [4.69, 9.17) is 16.3 Å². The van der Waals surface area contributed by atoms with Crippen LogP contribution in [0, 0.1) is 6.92 Å². The molecule has 0 amide bonds. The Balaban J connectivity index is 2.32. The van der Waals surface area contributed by atoms with Gasteiger partial charge in [0.15, 0.2) is 0 Å². The molecule has 1 saturated heterocycles. The van der Waals surface area contributed by atoms with E-state index in [1.54, 1.807) is 7.11 Å². The Kier molecular flexibility index (Phi) is 4.49. The molecular formula is C14H20ClNO2. The number of methoxy groups -OCH3 is 1. The molecule has 1 N–H and O–H groups in total. The molecule has 18 heavy (non-hydrogen) atoms. The lowest BCUT2D eigenvalue weighted by molar-refractivity contribution is 0.146. The van der Waals surface area contributed by atoms with Crippen LogP contribution >= 0.6 is 11.6 Å². The molecule has 0 radical (unpaired) electrons. The van der Waals surface area contributed by atoms with Crippen LogP contribution in [0.25, 0.3) is 0 Å². The second-order valence-corrected chi connectivity index (χ2v) is 5.19. The van der Waals surface area contributed by atoms with Crippen molar-refractivity contribution in [3.63, 3.8) is 0 Å². The van der Waals surface area contributed by atoms with Gasteiger partial charge in [-0.05, 0) is 56.1 Å². The zero-order valence-electron chi connectivity index (χ0n) is 10.9. The number of aliphatic hydroxyl groups is 1. The number of likely N-dealkylation sites (tertiary alicyclic amines) is 1. The summed E-state index contributed by atoms with van der Waals surface area (Å²) in [6.45, 7) is 4.26. The van der Waals surface area contributed by atoms with Crippen LogP contribution in [-0.4, -0.2) is 36.8 Å². The highest BCUT2D eigenvalue weighted by atomic mass is 35.5. The Morgan fingerprint density at radius 2 is 2.06 bits per heavy atom. The van der Waals surface area contributed by atoms with Gasteiger partial charge < -0.3 is 9.84 Å². The predicted octanol–water partition coefficient (Wildman–Crippen LogP) is 2.79. The van der Waals surface area contributed by atoms with E-state index in [1.165, 1.54) is 12.8 Å². The highest BCUT2D eigenvalue weighted by Crippen LogP contribution is 2.34. The van der Waals surface area contributed by atoms with Crippen molar-refractivity contribution in [1.29, 1.82) is 0 Å². The number of halogens is 1. The topological polar surface area (TPSA) is 32.7 Å². The average Bonchev–Trinajstić information content (AvgIpc) is 2.87. The second kappa shape index (κ2) is 5.91. The van der Waals surface area contributed by atoms with Gasteiger partial charge in [0, 0.05) is 0 Å². The van der Waals surface area contributed by atoms with Gasteiger partial charge in [-0.1, -0.05) is 11.6 Å². The van der Waals surface area contributed by atoms with Crippen molar-refractivity contribution >= 4 is 11.6 Å². The van der Waals surface area contributed by atoms with Gasteiger partial charge in [0.25, 0.3) is 0 Å². The smallest absolute Gasteiger partial charge is 0.137 e. The van der Waals surface area contributed by atoms with Crippen LogP contribution in [0.4, 0.5) is 0 Å². The maximum Gasteiger partial charge on any atom is 0.137 e. The first-order valence-electron chi connectivity index (χ1n) is 6.36. The van der Waals surface area contributed by atoms with Crippen LogP contribution in [0.5, 0.6) is 5.75 Å². The number of ether oxygens (including phenoxy) is 1. The summed E-state index contributed by atoms with van der Waals surface area (Å²) >= 11 is 6.18. The summed E-state index contributed by atoms with van der Waals surface area (Å²) in [7, 11) is 1.62. The normalized spacial score (nSPS) is 18.0. The first kappa shape index (κ1) is 13.7. The molecule has 100 valence electrons.